The van der Waals surface area contributed by atoms with Crippen molar-refractivity contribution in [1.82, 2.24) is 5.06 Å². The summed E-state index contributed by atoms with van der Waals surface area (Å²) in [5, 5.41) is 1.93. The molecule has 1 rings (SSSR count). The smallest absolute Gasteiger partial charge is 0.104 e. The van der Waals surface area contributed by atoms with Crippen LogP contribution in [-0.2, 0) is 9.57 Å². The maximum atomic E-state index is 5.29. The highest BCUT2D eigenvalue weighted by molar-refractivity contribution is 4.68. The summed E-state index contributed by atoms with van der Waals surface area (Å²) < 4.78 is 5.29. The van der Waals surface area contributed by atoms with Crippen molar-refractivity contribution in [2.24, 2.45) is 0 Å². The van der Waals surface area contributed by atoms with Crippen LogP contribution in [0.25, 0.3) is 0 Å². The zero-order chi connectivity index (χ0) is 8.10. The summed E-state index contributed by atoms with van der Waals surface area (Å²) in [5.41, 5.74) is 0. The first-order valence-electron chi connectivity index (χ1n) is 4.00. The van der Waals surface area contributed by atoms with Crippen molar-refractivity contribution in [2.75, 3.05) is 19.8 Å². The highest BCUT2D eigenvalue weighted by atomic mass is 16.7. The van der Waals surface area contributed by atoms with Gasteiger partial charge in [-0.25, -0.2) is 0 Å². The fourth-order valence-corrected chi connectivity index (χ4v) is 1.20. The van der Waals surface area contributed by atoms with E-state index in [1.807, 2.05) is 5.06 Å². The molecule has 0 aromatic heterocycles. The van der Waals surface area contributed by atoms with E-state index >= 15 is 0 Å². The van der Waals surface area contributed by atoms with Crippen LogP contribution in [0.15, 0.2) is 12.8 Å². The van der Waals surface area contributed by atoms with Crippen molar-refractivity contribution in [2.45, 2.75) is 19.4 Å². The van der Waals surface area contributed by atoms with Gasteiger partial charge in [0.15, 0.2) is 0 Å². The number of morpholine rings is 1. The van der Waals surface area contributed by atoms with Gasteiger partial charge in [-0.2, -0.15) is 0 Å². The molecule has 11 heavy (non-hydrogen) atoms. The first-order chi connectivity index (χ1) is 5.38. The zero-order valence-corrected chi connectivity index (χ0v) is 6.95. The van der Waals surface area contributed by atoms with Gasteiger partial charge < -0.3 is 9.57 Å². The maximum Gasteiger partial charge on any atom is 0.104 e. The highest BCUT2D eigenvalue weighted by Gasteiger charge is 2.21. The van der Waals surface area contributed by atoms with Crippen LogP contribution in [0, 0.1) is 0 Å². The predicted molar refractivity (Wildman–Crippen MR) is 42.9 cm³/mol. The van der Waals surface area contributed by atoms with Crippen LogP contribution in [0.2, 0.25) is 0 Å². The second-order valence-corrected chi connectivity index (χ2v) is 2.55. The standard InChI is InChI=1S/C8H15NO2/c1-3-8-7-10-6-5-9(8)11-4-2/h4,8H,2-3,5-7H2,1H3. The summed E-state index contributed by atoms with van der Waals surface area (Å²) >= 11 is 0. The molecule has 3 nitrogen and oxygen atoms in total. The number of hydroxylamine groups is 2. The van der Waals surface area contributed by atoms with E-state index in [-0.39, 0.29) is 0 Å². The second-order valence-electron chi connectivity index (χ2n) is 2.55. The van der Waals surface area contributed by atoms with Crippen LogP contribution in [-0.4, -0.2) is 30.9 Å². The molecule has 1 aliphatic heterocycles. The Hall–Kier alpha value is -0.540. The molecular weight excluding hydrogens is 142 g/mol. The number of hydrogen-bond donors (Lipinski definition) is 0. The molecular formula is C8H15NO2. The Morgan fingerprint density at radius 3 is 3.27 bits per heavy atom. The van der Waals surface area contributed by atoms with Gasteiger partial charge in [0.1, 0.15) is 6.26 Å². The van der Waals surface area contributed by atoms with E-state index < -0.39 is 0 Å². The first kappa shape index (κ1) is 8.56. The number of rotatable bonds is 3. The number of hydrogen-bond acceptors (Lipinski definition) is 3. The third kappa shape index (κ3) is 2.20. The fraction of sp³-hybridized carbons (Fsp3) is 0.750. The van der Waals surface area contributed by atoms with Crippen molar-refractivity contribution in [1.29, 1.82) is 0 Å². The number of ether oxygens (including phenoxy) is 1. The van der Waals surface area contributed by atoms with E-state index in [0.29, 0.717) is 6.04 Å². The summed E-state index contributed by atoms with van der Waals surface area (Å²) in [6.07, 6.45) is 2.52. The lowest BCUT2D eigenvalue weighted by Gasteiger charge is -2.32. The monoisotopic (exact) mass is 157 g/mol. The van der Waals surface area contributed by atoms with Gasteiger partial charge in [-0.3, -0.25) is 0 Å². The van der Waals surface area contributed by atoms with Gasteiger partial charge in [-0.05, 0) is 6.42 Å². The van der Waals surface area contributed by atoms with Gasteiger partial charge in [-0.15, -0.1) is 5.06 Å². The minimum Gasteiger partial charge on any atom is -0.414 e. The van der Waals surface area contributed by atoms with Crippen LogP contribution in [0.5, 0.6) is 0 Å². The Kier molecular flexibility index (Phi) is 3.39. The van der Waals surface area contributed by atoms with Crippen LogP contribution >= 0.6 is 0 Å². The van der Waals surface area contributed by atoms with E-state index in [1.54, 1.807) is 0 Å². The summed E-state index contributed by atoms with van der Waals surface area (Å²) in [7, 11) is 0. The van der Waals surface area contributed by atoms with Crippen molar-refractivity contribution in [3.05, 3.63) is 12.8 Å². The average molecular weight is 157 g/mol. The van der Waals surface area contributed by atoms with Crippen LogP contribution < -0.4 is 0 Å². The molecule has 1 atom stereocenters. The molecule has 1 saturated heterocycles. The minimum absolute atomic E-state index is 0.391. The van der Waals surface area contributed by atoms with Crippen LogP contribution in [0.1, 0.15) is 13.3 Å². The van der Waals surface area contributed by atoms with Gasteiger partial charge >= 0.3 is 0 Å². The molecule has 1 heterocycles. The Balaban J connectivity index is 2.37. The summed E-state index contributed by atoms with van der Waals surface area (Å²) in [4.78, 5) is 5.20. The van der Waals surface area contributed by atoms with E-state index in [4.69, 9.17) is 9.57 Å². The van der Waals surface area contributed by atoms with Crippen molar-refractivity contribution >= 4 is 0 Å². The fourth-order valence-electron chi connectivity index (χ4n) is 1.20. The van der Waals surface area contributed by atoms with Crippen LogP contribution in [0.4, 0.5) is 0 Å². The third-order valence-corrected chi connectivity index (χ3v) is 1.85. The minimum atomic E-state index is 0.391. The predicted octanol–water partition coefficient (Wildman–Crippen LogP) is 1.17. The zero-order valence-electron chi connectivity index (χ0n) is 6.95. The Morgan fingerprint density at radius 2 is 2.64 bits per heavy atom. The molecule has 1 aliphatic rings. The summed E-state index contributed by atoms with van der Waals surface area (Å²) in [6, 6.07) is 0.391. The normalized spacial score (nSPS) is 26.5. The van der Waals surface area contributed by atoms with Crippen LogP contribution in [0.3, 0.4) is 0 Å². The lowest BCUT2D eigenvalue weighted by atomic mass is 10.2. The Labute approximate surface area is 67.5 Å². The van der Waals surface area contributed by atoms with Crippen molar-refractivity contribution in [3.8, 4) is 0 Å². The summed E-state index contributed by atoms with van der Waals surface area (Å²) in [5.74, 6) is 0. The van der Waals surface area contributed by atoms with Gasteiger partial charge in [0.05, 0.1) is 25.8 Å². The molecule has 0 aliphatic carbocycles. The quantitative estimate of drug-likeness (QED) is 0.574. The topological polar surface area (TPSA) is 21.7 Å². The molecule has 1 unspecified atom stereocenters. The average Bonchev–Trinajstić information content (AvgIpc) is 2.06. The molecule has 0 spiro atoms. The van der Waals surface area contributed by atoms with Crippen molar-refractivity contribution in [3.63, 3.8) is 0 Å². The second kappa shape index (κ2) is 4.36. The SMILES string of the molecule is C=CON1CCOCC1CC. The Morgan fingerprint density at radius 1 is 1.82 bits per heavy atom. The molecule has 64 valence electrons. The highest BCUT2D eigenvalue weighted by Crippen LogP contribution is 2.10. The van der Waals surface area contributed by atoms with Gasteiger partial charge in [0.25, 0.3) is 0 Å². The lowest BCUT2D eigenvalue weighted by molar-refractivity contribution is -0.187. The summed E-state index contributed by atoms with van der Waals surface area (Å²) in [6.45, 7) is 8.00. The van der Waals surface area contributed by atoms with E-state index in [1.165, 1.54) is 6.26 Å². The molecule has 0 N–H and O–H groups in total. The van der Waals surface area contributed by atoms with Crippen molar-refractivity contribution < 1.29 is 9.57 Å². The molecule has 0 saturated carbocycles. The molecule has 0 aromatic carbocycles. The van der Waals surface area contributed by atoms with Gasteiger partial charge in [0.2, 0.25) is 0 Å². The largest absolute Gasteiger partial charge is 0.414 e. The molecule has 0 aromatic rings. The van der Waals surface area contributed by atoms with Gasteiger partial charge in [0, 0.05) is 0 Å². The third-order valence-electron chi connectivity index (χ3n) is 1.85. The maximum absolute atomic E-state index is 5.29. The first-order valence-corrected chi connectivity index (χ1v) is 4.00. The molecule has 0 bridgehead atoms. The van der Waals surface area contributed by atoms with E-state index in [2.05, 4.69) is 13.5 Å². The Bertz CT molecular complexity index is 127. The molecule has 0 amide bonds. The van der Waals surface area contributed by atoms with Gasteiger partial charge in [-0.1, -0.05) is 13.5 Å². The molecule has 0 radical (unpaired) electrons. The lowest BCUT2D eigenvalue weighted by Crippen LogP contribution is -2.43. The van der Waals surface area contributed by atoms with E-state index in [9.17, 15) is 0 Å². The van der Waals surface area contributed by atoms with E-state index in [0.717, 1.165) is 26.2 Å². The molecule has 1 fully saturated rings. The molecule has 3 heteroatoms. The number of nitrogens with zero attached hydrogens (tertiary/aromatic N) is 1.